The molecule has 15 heavy (non-hydrogen) atoms. The van der Waals surface area contributed by atoms with Crippen LogP contribution in [0.4, 0.5) is 0 Å². The third-order valence-corrected chi connectivity index (χ3v) is 2.77. The van der Waals surface area contributed by atoms with E-state index in [9.17, 15) is 9.59 Å². The van der Waals surface area contributed by atoms with Crippen LogP contribution in [-0.4, -0.2) is 34.3 Å². The lowest BCUT2D eigenvalue weighted by molar-refractivity contribution is 0.0787. The molecule has 1 fully saturated rings. The van der Waals surface area contributed by atoms with Crippen molar-refractivity contribution in [2.24, 2.45) is 0 Å². The molecule has 2 heterocycles. The molecule has 2 rings (SSSR count). The number of hydrogen-bond donors (Lipinski definition) is 1. The number of carbonyl (C=O) groups excluding carboxylic acids is 1. The highest BCUT2D eigenvalue weighted by molar-refractivity contribution is 6.21. The molecule has 1 aliphatic rings. The summed E-state index contributed by atoms with van der Waals surface area (Å²) in [6.07, 6.45) is 0.810. The molecular formula is C10H11ClN2O2. The molecule has 1 aliphatic heterocycles. The van der Waals surface area contributed by atoms with Crippen LogP contribution in [0, 0.1) is 0 Å². The van der Waals surface area contributed by atoms with E-state index in [-0.39, 0.29) is 16.8 Å². The molecule has 1 amide bonds. The average Bonchev–Trinajstić information content (AvgIpc) is 2.64. The smallest absolute Gasteiger partial charge is 0.270 e. The van der Waals surface area contributed by atoms with Crippen molar-refractivity contribution < 1.29 is 4.79 Å². The van der Waals surface area contributed by atoms with Gasteiger partial charge < -0.3 is 9.88 Å². The summed E-state index contributed by atoms with van der Waals surface area (Å²) in [5.74, 6) is -0.157. The van der Waals surface area contributed by atoms with E-state index in [0.29, 0.717) is 18.8 Å². The topological polar surface area (TPSA) is 53.2 Å². The summed E-state index contributed by atoms with van der Waals surface area (Å²) < 4.78 is 0. The first-order chi connectivity index (χ1) is 7.16. The number of nitrogens with one attached hydrogen (secondary N) is 1. The van der Waals surface area contributed by atoms with Gasteiger partial charge in [0.15, 0.2) is 0 Å². The Hall–Kier alpha value is -1.29. The first-order valence-electron chi connectivity index (χ1n) is 4.79. The molecule has 1 unspecified atom stereocenters. The van der Waals surface area contributed by atoms with E-state index >= 15 is 0 Å². The van der Waals surface area contributed by atoms with Gasteiger partial charge in [-0.3, -0.25) is 9.59 Å². The molecule has 1 aromatic rings. The van der Waals surface area contributed by atoms with Gasteiger partial charge in [-0.15, -0.1) is 11.6 Å². The van der Waals surface area contributed by atoms with E-state index in [1.54, 1.807) is 17.0 Å². The van der Waals surface area contributed by atoms with E-state index in [2.05, 4.69) is 4.98 Å². The lowest BCUT2D eigenvalue weighted by Crippen LogP contribution is -2.30. The molecule has 0 radical (unpaired) electrons. The fraction of sp³-hybridized carbons (Fsp3) is 0.400. The minimum atomic E-state index is -0.262. The second-order valence-corrected chi connectivity index (χ2v) is 4.18. The van der Waals surface area contributed by atoms with Crippen LogP contribution < -0.4 is 5.56 Å². The standard InChI is InChI=1S/C10H11ClN2O2/c11-7-4-5-13(6-7)10(15)8-2-1-3-9(14)12-8/h1-3,7H,4-6H2,(H,12,14). The highest BCUT2D eigenvalue weighted by Gasteiger charge is 2.25. The van der Waals surface area contributed by atoms with Crippen molar-refractivity contribution in [3.05, 3.63) is 34.2 Å². The summed E-state index contributed by atoms with van der Waals surface area (Å²) in [7, 11) is 0. The maximum atomic E-state index is 11.8. The quantitative estimate of drug-likeness (QED) is 0.722. The number of carbonyl (C=O) groups is 1. The highest BCUT2D eigenvalue weighted by atomic mass is 35.5. The SMILES string of the molecule is O=C(c1cccc(=O)[nH]1)N1CCC(Cl)C1. The second-order valence-electron chi connectivity index (χ2n) is 3.57. The van der Waals surface area contributed by atoms with Crippen LogP contribution in [0.2, 0.25) is 0 Å². The molecular weight excluding hydrogens is 216 g/mol. The molecule has 1 aromatic heterocycles. The summed E-state index contributed by atoms with van der Waals surface area (Å²) in [6, 6.07) is 4.55. The van der Waals surface area contributed by atoms with Crippen LogP contribution in [0.1, 0.15) is 16.9 Å². The zero-order valence-electron chi connectivity index (χ0n) is 8.07. The van der Waals surface area contributed by atoms with Crippen molar-refractivity contribution in [1.29, 1.82) is 0 Å². The number of hydrogen-bond acceptors (Lipinski definition) is 2. The van der Waals surface area contributed by atoms with Gasteiger partial charge in [-0.25, -0.2) is 0 Å². The summed E-state index contributed by atoms with van der Waals surface area (Å²) in [6.45, 7) is 1.21. The maximum Gasteiger partial charge on any atom is 0.270 e. The summed E-state index contributed by atoms with van der Waals surface area (Å²) in [5, 5.41) is 0.0318. The molecule has 1 atom stereocenters. The Kier molecular flexibility index (Phi) is 2.77. The number of nitrogens with zero attached hydrogens (tertiary/aromatic N) is 1. The van der Waals surface area contributed by atoms with Crippen LogP contribution in [0.15, 0.2) is 23.0 Å². The summed E-state index contributed by atoms with van der Waals surface area (Å²) >= 11 is 5.90. The number of aromatic amines is 1. The van der Waals surface area contributed by atoms with Gasteiger partial charge in [0, 0.05) is 19.2 Å². The second kappa shape index (κ2) is 4.06. The number of rotatable bonds is 1. The molecule has 0 aliphatic carbocycles. The van der Waals surface area contributed by atoms with Crippen LogP contribution in [-0.2, 0) is 0 Å². The number of likely N-dealkylation sites (tertiary alicyclic amines) is 1. The Balaban J connectivity index is 2.18. The zero-order chi connectivity index (χ0) is 10.8. The van der Waals surface area contributed by atoms with E-state index in [1.807, 2.05) is 0 Å². The largest absolute Gasteiger partial charge is 0.336 e. The zero-order valence-corrected chi connectivity index (χ0v) is 8.83. The summed E-state index contributed by atoms with van der Waals surface area (Å²) in [4.78, 5) is 27.0. The molecule has 0 spiro atoms. The minimum Gasteiger partial charge on any atom is -0.336 e. The van der Waals surface area contributed by atoms with Crippen LogP contribution in [0.25, 0.3) is 0 Å². The van der Waals surface area contributed by atoms with Crippen LogP contribution >= 0.6 is 11.6 Å². The van der Waals surface area contributed by atoms with Crippen molar-refractivity contribution in [3.8, 4) is 0 Å². The minimum absolute atomic E-state index is 0.0318. The predicted molar refractivity (Wildman–Crippen MR) is 57.2 cm³/mol. The van der Waals surface area contributed by atoms with Gasteiger partial charge in [0.05, 0.1) is 5.38 Å². The Labute approximate surface area is 91.9 Å². The number of aromatic nitrogens is 1. The van der Waals surface area contributed by atoms with Gasteiger partial charge in [0.25, 0.3) is 5.91 Å². The number of alkyl halides is 1. The van der Waals surface area contributed by atoms with E-state index < -0.39 is 0 Å². The van der Waals surface area contributed by atoms with E-state index in [4.69, 9.17) is 11.6 Å². The lowest BCUT2D eigenvalue weighted by Gasteiger charge is -2.14. The predicted octanol–water partition coefficient (Wildman–Crippen LogP) is 0.828. The number of H-pyrrole nitrogens is 1. The monoisotopic (exact) mass is 226 g/mol. The van der Waals surface area contributed by atoms with E-state index in [0.717, 1.165) is 6.42 Å². The molecule has 0 bridgehead atoms. The number of amides is 1. The molecule has 0 saturated carbocycles. The molecule has 0 aromatic carbocycles. The lowest BCUT2D eigenvalue weighted by atomic mass is 10.3. The van der Waals surface area contributed by atoms with Gasteiger partial charge >= 0.3 is 0 Å². The Morgan fingerprint density at radius 3 is 2.93 bits per heavy atom. The maximum absolute atomic E-state index is 11.8. The fourth-order valence-corrected chi connectivity index (χ4v) is 1.91. The van der Waals surface area contributed by atoms with Gasteiger partial charge in [-0.1, -0.05) is 6.07 Å². The Bertz CT molecular complexity index is 429. The molecule has 1 saturated heterocycles. The molecule has 1 N–H and O–H groups in total. The van der Waals surface area contributed by atoms with Gasteiger partial charge in [0.1, 0.15) is 5.69 Å². The Morgan fingerprint density at radius 1 is 1.53 bits per heavy atom. The highest BCUT2D eigenvalue weighted by Crippen LogP contribution is 2.16. The van der Waals surface area contributed by atoms with Gasteiger partial charge in [-0.05, 0) is 12.5 Å². The van der Waals surface area contributed by atoms with Crippen molar-refractivity contribution in [3.63, 3.8) is 0 Å². The van der Waals surface area contributed by atoms with Crippen molar-refractivity contribution in [2.45, 2.75) is 11.8 Å². The average molecular weight is 227 g/mol. The van der Waals surface area contributed by atoms with E-state index in [1.165, 1.54) is 6.07 Å². The van der Waals surface area contributed by atoms with Crippen molar-refractivity contribution in [1.82, 2.24) is 9.88 Å². The third kappa shape index (κ3) is 2.21. The first kappa shape index (κ1) is 10.2. The summed E-state index contributed by atoms with van der Waals surface area (Å²) in [5.41, 5.74) is 0.0655. The van der Waals surface area contributed by atoms with Crippen molar-refractivity contribution >= 4 is 17.5 Å². The Morgan fingerprint density at radius 2 is 2.33 bits per heavy atom. The number of pyridine rings is 1. The first-order valence-corrected chi connectivity index (χ1v) is 5.23. The van der Waals surface area contributed by atoms with Crippen LogP contribution in [0.3, 0.4) is 0 Å². The van der Waals surface area contributed by atoms with Crippen molar-refractivity contribution in [2.75, 3.05) is 13.1 Å². The van der Waals surface area contributed by atoms with Gasteiger partial charge in [0.2, 0.25) is 5.56 Å². The molecule has 80 valence electrons. The molecule has 5 heteroatoms. The fourth-order valence-electron chi connectivity index (χ4n) is 1.64. The van der Waals surface area contributed by atoms with Gasteiger partial charge in [-0.2, -0.15) is 0 Å². The third-order valence-electron chi connectivity index (χ3n) is 2.42. The molecule has 4 nitrogen and oxygen atoms in total. The van der Waals surface area contributed by atoms with Crippen LogP contribution in [0.5, 0.6) is 0 Å². The normalized spacial score (nSPS) is 20.6. The number of halogens is 1.